The van der Waals surface area contributed by atoms with Crippen LogP contribution >= 0.6 is 0 Å². The molecule has 3 N–H and O–H groups in total. The van der Waals surface area contributed by atoms with Crippen molar-refractivity contribution in [3.63, 3.8) is 0 Å². The first kappa shape index (κ1) is 11.6. The van der Waals surface area contributed by atoms with Crippen LogP contribution in [0.25, 0.3) is 0 Å². The molecule has 15 heavy (non-hydrogen) atoms. The quantitative estimate of drug-likeness (QED) is 0.766. The summed E-state index contributed by atoms with van der Waals surface area (Å²) in [6.45, 7) is 4.88. The van der Waals surface area contributed by atoms with Crippen molar-refractivity contribution in [3.8, 4) is 0 Å². The van der Waals surface area contributed by atoms with Crippen molar-refractivity contribution in [2.45, 2.75) is 19.9 Å². The molecule has 1 atom stereocenters. The molecule has 0 fully saturated rings. The third kappa shape index (κ3) is 3.67. The van der Waals surface area contributed by atoms with Gasteiger partial charge in [-0.3, -0.25) is 0 Å². The number of aromatic nitrogens is 2. The van der Waals surface area contributed by atoms with E-state index >= 15 is 0 Å². The van der Waals surface area contributed by atoms with Crippen molar-refractivity contribution >= 4 is 11.8 Å². The Morgan fingerprint density at radius 2 is 2.40 bits per heavy atom. The Kier molecular flexibility index (Phi) is 4.23. The monoisotopic (exact) mass is 214 g/mol. The fourth-order valence-electron chi connectivity index (χ4n) is 1.05. The van der Waals surface area contributed by atoms with Crippen LogP contribution in [0.5, 0.6) is 0 Å². The summed E-state index contributed by atoms with van der Waals surface area (Å²) < 4.78 is 18.3. The highest BCUT2D eigenvalue weighted by Gasteiger charge is 2.08. The number of nitrogens with zero attached hydrogens (tertiary/aromatic N) is 2. The summed E-state index contributed by atoms with van der Waals surface area (Å²) in [5, 5.41) is 2.85. The normalized spacial score (nSPS) is 12.5. The maximum atomic E-state index is 13.2. The van der Waals surface area contributed by atoms with E-state index in [1.165, 1.54) is 0 Å². The second kappa shape index (κ2) is 5.45. The molecule has 6 heteroatoms. The molecule has 0 aromatic carbocycles. The lowest BCUT2D eigenvalue weighted by atomic mass is 10.3. The third-order valence-corrected chi connectivity index (χ3v) is 1.72. The predicted octanol–water partition coefficient (Wildman–Crippen LogP) is 1.03. The van der Waals surface area contributed by atoms with Crippen LogP contribution in [0.2, 0.25) is 0 Å². The van der Waals surface area contributed by atoms with Crippen LogP contribution in [-0.4, -0.2) is 29.2 Å². The number of halogens is 1. The molecule has 0 aliphatic rings. The lowest BCUT2D eigenvalue weighted by Gasteiger charge is -2.14. The molecule has 0 spiro atoms. The van der Waals surface area contributed by atoms with E-state index in [0.29, 0.717) is 13.2 Å². The molecule has 0 aliphatic heterocycles. The van der Waals surface area contributed by atoms with E-state index in [9.17, 15) is 4.39 Å². The molecule has 0 saturated heterocycles. The Balaban J connectivity index is 2.59. The topological polar surface area (TPSA) is 73.1 Å². The number of rotatable bonds is 5. The van der Waals surface area contributed by atoms with E-state index in [4.69, 9.17) is 10.5 Å². The lowest BCUT2D eigenvalue weighted by Crippen LogP contribution is -2.23. The maximum Gasteiger partial charge on any atom is 0.222 e. The summed E-state index contributed by atoms with van der Waals surface area (Å²) in [7, 11) is 0. The zero-order valence-corrected chi connectivity index (χ0v) is 8.83. The minimum atomic E-state index is -0.521. The van der Waals surface area contributed by atoms with Gasteiger partial charge in [0.15, 0.2) is 11.6 Å². The van der Waals surface area contributed by atoms with Gasteiger partial charge in [0.1, 0.15) is 0 Å². The minimum Gasteiger partial charge on any atom is -0.380 e. The molecule has 1 heterocycles. The number of nitrogens with one attached hydrogen (secondary N) is 1. The second-order valence-electron chi connectivity index (χ2n) is 3.13. The van der Waals surface area contributed by atoms with Crippen molar-refractivity contribution in [3.05, 3.63) is 12.0 Å². The number of hydrogen-bond donors (Lipinski definition) is 2. The van der Waals surface area contributed by atoms with Gasteiger partial charge in [0, 0.05) is 12.6 Å². The molecule has 84 valence electrons. The van der Waals surface area contributed by atoms with Crippen molar-refractivity contribution < 1.29 is 9.13 Å². The average molecular weight is 214 g/mol. The van der Waals surface area contributed by atoms with E-state index in [1.54, 1.807) is 0 Å². The number of anilines is 2. The van der Waals surface area contributed by atoms with Crippen molar-refractivity contribution in [2.24, 2.45) is 0 Å². The Bertz CT molecular complexity index is 321. The standard InChI is InChI=1S/C9H15FN4O/c1-3-15-5-6(2)13-8-7(10)4-12-9(11)14-8/h4,6H,3,5H2,1-2H3,(H3,11,12,13,14). The number of nitrogens with two attached hydrogens (primary N) is 1. The lowest BCUT2D eigenvalue weighted by molar-refractivity contribution is 0.141. The van der Waals surface area contributed by atoms with Crippen LogP contribution in [0.4, 0.5) is 16.2 Å². The van der Waals surface area contributed by atoms with Crippen LogP contribution in [0.15, 0.2) is 6.20 Å². The van der Waals surface area contributed by atoms with E-state index in [0.717, 1.165) is 6.20 Å². The Morgan fingerprint density at radius 3 is 3.07 bits per heavy atom. The molecule has 1 unspecified atom stereocenters. The fourth-order valence-corrected chi connectivity index (χ4v) is 1.05. The van der Waals surface area contributed by atoms with Crippen LogP contribution in [-0.2, 0) is 4.74 Å². The summed E-state index contributed by atoms with van der Waals surface area (Å²) in [5.41, 5.74) is 5.34. The van der Waals surface area contributed by atoms with Gasteiger partial charge in [0.05, 0.1) is 12.8 Å². The molecule has 1 aromatic heterocycles. The smallest absolute Gasteiger partial charge is 0.222 e. The second-order valence-corrected chi connectivity index (χ2v) is 3.13. The van der Waals surface area contributed by atoms with Gasteiger partial charge in [-0.25, -0.2) is 9.37 Å². The highest BCUT2D eigenvalue weighted by Crippen LogP contribution is 2.11. The molecule has 0 radical (unpaired) electrons. The van der Waals surface area contributed by atoms with E-state index in [1.807, 2.05) is 13.8 Å². The van der Waals surface area contributed by atoms with E-state index in [-0.39, 0.29) is 17.8 Å². The zero-order chi connectivity index (χ0) is 11.3. The molecule has 1 aromatic rings. The first-order valence-electron chi connectivity index (χ1n) is 4.75. The predicted molar refractivity (Wildman–Crippen MR) is 56.0 cm³/mol. The van der Waals surface area contributed by atoms with E-state index < -0.39 is 5.82 Å². The first-order valence-corrected chi connectivity index (χ1v) is 4.75. The van der Waals surface area contributed by atoms with Gasteiger partial charge in [-0.1, -0.05) is 0 Å². The highest BCUT2D eigenvalue weighted by atomic mass is 19.1. The van der Waals surface area contributed by atoms with Gasteiger partial charge in [0.25, 0.3) is 0 Å². The summed E-state index contributed by atoms with van der Waals surface area (Å²) in [5.74, 6) is -0.371. The van der Waals surface area contributed by atoms with E-state index in [2.05, 4.69) is 15.3 Å². The first-order chi connectivity index (χ1) is 7.13. The van der Waals surface area contributed by atoms with Gasteiger partial charge in [-0.05, 0) is 13.8 Å². The van der Waals surface area contributed by atoms with Crippen LogP contribution < -0.4 is 11.1 Å². The summed E-state index contributed by atoms with van der Waals surface area (Å²) in [4.78, 5) is 7.28. The highest BCUT2D eigenvalue weighted by molar-refractivity contribution is 5.39. The average Bonchev–Trinajstić information content (AvgIpc) is 2.20. The molecule has 0 amide bonds. The summed E-state index contributed by atoms with van der Waals surface area (Å²) in [6.07, 6.45) is 1.04. The van der Waals surface area contributed by atoms with Crippen molar-refractivity contribution in [2.75, 3.05) is 24.3 Å². The van der Waals surface area contributed by atoms with Gasteiger partial charge in [-0.2, -0.15) is 4.98 Å². The SMILES string of the molecule is CCOCC(C)Nc1nc(N)ncc1F. The van der Waals surface area contributed by atoms with Crippen LogP contribution in [0.1, 0.15) is 13.8 Å². The largest absolute Gasteiger partial charge is 0.380 e. The molecule has 0 aliphatic carbocycles. The van der Waals surface area contributed by atoms with Crippen LogP contribution in [0, 0.1) is 5.82 Å². The third-order valence-electron chi connectivity index (χ3n) is 1.72. The fraction of sp³-hybridized carbons (Fsp3) is 0.556. The maximum absolute atomic E-state index is 13.2. The van der Waals surface area contributed by atoms with Gasteiger partial charge < -0.3 is 15.8 Å². The summed E-state index contributed by atoms with van der Waals surface area (Å²) in [6, 6.07) is -0.0336. The molecule has 0 bridgehead atoms. The van der Waals surface area contributed by atoms with Gasteiger partial charge in [0.2, 0.25) is 5.95 Å². The molecule has 0 saturated carbocycles. The van der Waals surface area contributed by atoms with Gasteiger partial charge >= 0.3 is 0 Å². The summed E-state index contributed by atoms with van der Waals surface area (Å²) >= 11 is 0. The minimum absolute atomic E-state index is 0.0336. The Morgan fingerprint density at radius 1 is 1.67 bits per heavy atom. The molecule has 1 rings (SSSR count). The zero-order valence-electron chi connectivity index (χ0n) is 8.83. The molecular weight excluding hydrogens is 199 g/mol. The van der Waals surface area contributed by atoms with Crippen LogP contribution in [0.3, 0.4) is 0 Å². The van der Waals surface area contributed by atoms with Gasteiger partial charge in [-0.15, -0.1) is 0 Å². The number of ether oxygens (including phenoxy) is 1. The number of hydrogen-bond acceptors (Lipinski definition) is 5. The van der Waals surface area contributed by atoms with Crippen molar-refractivity contribution in [1.29, 1.82) is 0 Å². The molecule has 5 nitrogen and oxygen atoms in total. The molecular formula is C9H15FN4O. The Labute approximate surface area is 87.9 Å². The Hall–Kier alpha value is -1.43. The van der Waals surface area contributed by atoms with Crippen molar-refractivity contribution in [1.82, 2.24) is 9.97 Å². The number of nitrogen functional groups attached to an aromatic ring is 1.